The number of allylic oxidation sites excluding steroid dienone is 5. The zero-order valence-electron chi connectivity index (χ0n) is 15.6. The molecular formula is C21H27N3. The highest BCUT2D eigenvalue weighted by molar-refractivity contribution is 6.01. The molecule has 0 aliphatic heterocycles. The summed E-state index contributed by atoms with van der Waals surface area (Å²) in [6, 6.07) is 5.88. The molecule has 0 N–H and O–H groups in total. The molecule has 0 bridgehead atoms. The molecule has 0 saturated heterocycles. The second-order valence-corrected chi connectivity index (χ2v) is 5.69. The van der Waals surface area contributed by atoms with Gasteiger partial charge in [0.1, 0.15) is 0 Å². The molecule has 1 rings (SSSR count). The second kappa shape index (κ2) is 8.92. The van der Waals surface area contributed by atoms with E-state index >= 15 is 0 Å². The minimum atomic E-state index is 0.757. The number of hydrogen-bond donors (Lipinski definition) is 0. The summed E-state index contributed by atoms with van der Waals surface area (Å²) in [5.74, 6) is 0. The van der Waals surface area contributed by atoms with E-state index in [-0.39, 0.29) is 0 Å². The minimum Gasteiger partial charge on any atom is -0.256 e. The smallest absolute Gasteiger partial charge is 0.0849 e. The van der Waals surface area contributed by atoms with Crippen LogP contribution in [0, 0.1) is 0 Å². The molecular weight excluding hydrogens is 294 g/mol. The van der Waals surface area contributed by atoms with Crippen LogP contribution in [0.2, 0.25) is 0 Å². The van der Waals surface area contributed by atoms with Crippen molar-refractivity contribution in [2.45, 2.75) is 41.5 Å². The quantitative estimate of drug-likeness (QED) is 0.492. The summed E-state index contributed by atoms with van der Waals surface area (Å²) in [6.45, 7) is 19.6. The van der Waals surface area contributed by atoms with Gasteiger partial charge >= 0.3 is 0 Å². The van der Waals surface area contributed by atoms with Crippen molar-refractivity contribution < 1.29 is 0 Å². The Bertz CT molecular complexity index is 759. The summed E-state index contributed by atoms with van der Waals surface area (Å²) in [5.41, 5.74) is 7.19. The number of aromatic nitrogens is 1. The van der Waals surface area contributed by atoms with Crippen LogP contribution in [-0.2, 0) is 0 Å². The van der Waals surface area contributed by atoms with E-state index in [2.05, 4.69) is 28.1 Å². The predicted molar refractivity (Wildman–Crippen MR) is 106 cm³/mol. The third kappa shape index (κ3) is 5.27. The molecule has 0 unspecified atom stereocenters. The third-order valence-corrected chi connectivity index (χ3v) is 3.89. The zero-order chi connectivity index (χ0) is 18.3. The molecule has 1 heterocycles. The predicted octanol–water partition coefficient (Wildman–Crippen LogP) is 5.66. The van der Waals surface area contributed by atoms with Gasteiger partial charge in [-0.2, -0.15) is 0 Å². The monoisotopic (exact) mass is 321 g/mol. The van der Waals surface area contributed by atoms with Crippen molar-refractivity contribution >= 4 is 11.4 Å². The fraction of sp³-hybridized carbons (Fsp3) is 0.286. The van der Waals surface area contributed by atoms with E-state index in [0.717, 1.165) is 45.4 Å². The Morgan fingerprint density at radius 1 is 1.00 bits per heavy atom. The molecule has 0 aromatic carbocycles. The molecule has 24 heavy (non-hydrogen) atoms. The van der Waals surface area contributed by atoms with Crippen LogP contribution in [0.1, 0.15) is 52.9 Å². The highest BCUT2D eigenvalue weighted by Gasteiger charge is 2.05. The van der Waals surface area contributed by atoms with E-state index in [1.165, 1.54) is 0 Å². The van der Waals surface area contributed by atoms with Gasteiger partial charge in [-0.1, -0.05) is 31.4 Å². The maximum absolute atomic E-state index is 4.68. The van der Waals surface area contributed by atoms with Crippen LogP contribution in [-0.4, -0.2) is 16.4 Å². The summed E-state index contributed by atoms with van der Waals surface area (Å²) in [4.78, 5) is 13.8. The molecule has 0 fully saturated rings. The standard InChI is InChI=1S/C21H27N3/c1-9-14(3)16(5)22-18(7)20-12-11-13-21(24-20)19(8)23-17(6)15(4)10-2/h9-13H,1,6H2,2-5,7-8H3/b15-10-,16-14+,22-18+,23-19+. The van der Waals surface area contributed by atoms with Crippen LogP contribution in [0.25, 0.3) is 0 Å². The van der Waals surface area contributed by atoms with E-state index in [9.17, 15) is 0 Å². The van der Waals surface area contributed by atoms with Gasteiger partial charge in [0.15, 0.2) is 0 Å². The molecule has 1 aromatic heterocycles. The summed E-state index contributed by atoms with van der Waals surface area (Å²) in [6.07, 6.45) is 3.80. The number of aliphatic imine (C=N–C) groups is 2. The molecule has 126 valence electrons. The third-order valence-electron chi connectivity index (χ3n) is 3.89. The van der Waals surface area contributed by atoms with Gasteiger partial charge in [-0.15, -0.1) is 0 Å². The molecule has 1 aromatic rings. The Kier molecular flexibility index (Phi) is 7.25. The Labute approximate surface area is 146 Å². The van der Waals surface area contributed by atoms with Crippen LogP contribution in [0.4, 0.5) is 0 Å². The Hall–Kier alpha value is -2.55. The van der Waals surface area contributed by atoms with Crippen molar-refractivity contribution in [2.24, 2.45) is 9.98 Å². The van der Waals surface area contributed by atoms with E-state index < -0.39 is 0 Å². The van der Waals surface area contributed by atoms with Gasteiger partial charge in [-0.05, 0) is 64.8 Å². The van der Waals surface area contributed by atoms with Gasteiger partial charge in [0, 0.05) is 5.70 Å². The van der Waals surface area contributed by atoms with E-state index in [4.69, 9.17) is 0 Å². The Morgan fingerprint density at radius 2 is 1.54 bits per heavy atom. The fourth-order valence-corrected chi connectivity index (χ4v) is 1.90. The van der Waals surface area contributed by atoms with Crippen LogP contribution < -0.4 is 0 Å². The van der Waals surface area contributed by atoms with Gasteiger partial charge in [-0.3, -0.25) is 9.98 Å². The molecule has 0 atom stereocenters. The highest BCUT2D eigenvalue weighted by atomic mass is 14.8. The molecule has 3 heteroatoms. The first-order chi connectivity index (χ1) is 11.3. The molecule has 0 spiro atoms. The maximum atomic E-state index is 4.68. The van der Waals surface area contributed by atoms with Crippen molar-refractivity contribution in [3.8, 4) is 0 Å². The molecule has 0 radical (unpaired) electrons. The largest absolute Gasteiger partial charge is 0.256 e. The second-order valence-electron chi connectivity index (χ2n) is 5.69. The van der Waals surface area contributed by atoms with E-state index in [1.807, 2.05) is 71.9 Å². The first-order valence-electron chi connectivity index (χ1n) is 8.00. The summed E-state index contributed by atoms with van der Waals surface area (Å²) >= 11 is 0. The zero-order valence-corrected chi connectivity index (χ0v) is 15.6. The lowest BCUT2D eigenvalue weighted by Crippen LogP contribution is -2.06. The molecule has 0 saturated carbocycles. The van der Waals surface area contributed by atoms with Crippen LogP contribution in [0.15, 0.2) is 76.0 Å². The van der Waals surface area contributed by atoms with Gasteiger partial charge in [0.25, 0.3) is 0 Å². The lowest BCUT2D eigenvalue weighted by molar-refractivity contribution is 1.19. The average molecular weight is 321 g/mol. The van der Waals surface area contributed by atoms with Crippen molar-refractivity contribution in [1.29, 1.82) is 0 Å². The summed E-state index contributed by atoms with van der Waals surface area (Å²) < 4.78 is 0. The molecule has 0 amide bonds. The summed E-state index contributed by atoms with van der Waals surface area (Å²) in [5, 5.41) is 0. The number of pyridine rings is 1. The first kappa shape index (κ1) is 19.5. The number of nitrogens with zero attached hydrogens (tertiary/aromatic N) is 3. The van der Waals surface area contributed by atoms with Gasteiger partial charge in [0.05, 0.1) is 28.5 Å². The van der Waals surface area contributed by atoms with E-state index in [0.29, 0.717) is 0 Å². The SMILES string of the molecule is C=C/C(C)=C(C)/N=C(\C)c1cccc(/C(C)=N/C(=C)/C(C)=C\C)n1. The van der Waals surface area contributed by atoms with Crippen molar-refractivity contribution in [3.63, 3.8) is 0 Å². The average Bonchev–Trinajstić information content (AvgIpc) is 2.59. The van der Waals surface area contributed by atoms with Crippen molar-refractivity contribution in [2.75, 3.05) is 0 Å². The lowest BCUT2D eigenvalue weighted by atomic mass is 10.2. The number of hydrogen-bond acceptors (Lipinski definition) is 3. The normalized spacial score (nSPS) is 14.3. The Balaban J connectivity index is 3.20. The van der Waals surface area contributed by atoms with Crippen LogP contribution in [0.5, 0.6) is 0 Å². The van der Waals surface area contributed by atoms with Gasteiger partial charge in [-0.25, -0.2) is 4.98 Å². The summed E-state index contributed by atoms with van der Waals surface area (Å²) in [7, 11) is 0. The molecule has 3 nitrogen and oxygen atoms in total. The van der Waals surface area contributed by atoms with Crippen LogP contribution >= 0.6 is 0 Å². The fourth-order valence-electron chi connectivity index (χ4n) is 1.90. The maximum Gasteiger partial charge on any atom is 0.0849 e. The highest BCUT2D eigenvalue weighted by Crippen LogP contribution is 2.12. The first-order valence-corrected chi connectivity index (χ1v) is 8.00. The molecule has 0 aliphatic carbocycles. The van der Waals surface area contributed by atoms with Crippen molar-refractivity contribution in [3.05, 3.63) is 77.4 Å². The topological polar surface area (TPSA) is 37.6 Å². The van der Waals surface area contributed by atoms with Crippen LogP contribution in [0.3, 0.4) is 0 Å². The number of rotatable bonds is 6. The van der Waals surface area contributed by atoms with E-state index in [1.54, 1.807) is 0 Å². The van der Waals surface area contributed by atoms with Gasteiger partial charge in [0.2, 0.25) is 0 Å². The minimum absolute atomic E-state index is 0.757. The lowest BCUT2D eigenvalue weighted by Gasteiger charge is -2.07. The van der Waals surface area contributed by atoms with Crippen molar-refractivity contribution in [1.82, 2.24) is 4.98 Å². The Morgan fingerprint density at radius 3 is 2.04 bits per heavy atom. The van der Waals surface area contributed by atoms with Gasteiger partial charge < -0.3 is 0 Å². The molecule has 0 aliphatic rings.